The number of anilines is 1. The predicted molar refractivity (Wildman–Crippen MR) is 167 cm³/mol. The topological polar surface area (TPSA) is 96.0 Å². The number of methoxy groups -OCH3 is 1. The van der Waals surface area contributed by atoms with Crippen LogP contribution in [0, 0.1) is 6.92 Å². The standard InChI is InChI=1S/C33H43N3O5S/c1-7-8-21-34-33(38)26(5)35(22-27-11-17-30(41-6)18-12-27)32(37)23-36(29-15-13-28(14-16-29)24(2)3)42(39,40)31-19-9-25(4)10-20-31/h9-20,24,26H,7-8,21-23H2,1-6H3,(H,34,38)/t26-/m0/s1. The van der Waals surface area contributed by atoms with Crippen LogP contribution >= 0.6 is 0 Å². The zero-order chi connectivity index (χ0) is 30.9. The SMILES string of the molecule is CCCCNC(=O)[C@H](C)N(Cc1ccc(OC)cc1)C(=O)CN(c1ccc(C(C)C)cc1)S(=O)(=O)c1ccc(C)cc1. The fraction of sp³-hybridized carbons (Fsp3) is 0.394. The van der Waals surface area contributed by atoms with Crippen LogP contribution in [0.3, 0.4) is 0 Å². The fourth-order valence-corrected chi connectivity index (χ4v) is 5.85. The Morgan fingerprint density at radius 1 is 0.905 bits per heavy atom. The van der Waals surface area contributed by atoms with Gasteiger partial charge in [0.25, 0.3) is 10.0 Å². The van der Waals surface area contributed by atoms with E-state index in [1.54, 1.807) is 62.6 Å². The van der Waals surface area contributed by atoms with Crippen LogP contribution in [0.5, 0.6) is 5.75 Å². The van der Waals surface area contributed by atoms with Crippen LogP contribution in [0.2, 0.25) is 0 Å². The third-order valence-corrected chi connectivity index (χ3v) is 9.03. The summed E-state index contributed by atoms with van der Waals surface area (Å²) in [7, 11) is -2.54. The van der Waals surface area contributed by atoms with E-state index in [1.807, 2.05) is 38.1 Å². The van der Waals surface area contributed by atoms with Crippen LogP contribution in [-0.4, -0.2) is 51.4 Å². The average molecular weight is 594 g/mol. The Hall–Kier alpha value is -3.85. The number of unbranched alkanes of at least 4 members (excludes halogenated alkanes) is 1. The summed E-state index contributed by atoms with van der Waals surface area (Å²) in [6, 6.07) is 20.1. The summed E-state index contributed by atoms with van der Waals surface area (Å²) < 4.78 is 34.4. The molecule has 8 nitrogen and oxygen atoms in total. The van der Waals surface area contributed by atoms with E-state index in [-0.39, 0.29) is 23.3 Å². The monoisotopic (exact) mass is 593 g/mol. The number of carbonyl (C=O) groups excluding carboxylic acids is 2. The first-order valence-corrected chi connectivity index (χ1v) is 15.8. The van der Waals surface area contributed by atoms with Gasteiger partial charge in [-0.1, -0.05) is 69.2 Å². The molecule has 0 heterocycles. The van der Waals surface area contributed by atoms with Gasteiger partial charge in [-0.3, -0.25) is 13.9 Å². The predicted octanol–water partition coefficient (Wildman–Crippen LogP) is 5.66. The van der Waals surface area contributed by atoms with Gasteiger partial charge in [0.1, 0.15) is 18.3 Å². The maximum Gasteiger partial charge on any atom is 0.264 e. The van der Waals surface area contributed by atoms with Crippen molar-refractivity contribution in [1.82, 2.24) is 10.2 Å². The minimum atomic E-state index is -4.11. The number of sulfonamides is 1. The molecule has 0 spiro atoms. The van der Waals surface area contributed by atoms with Crippen molar-refractivity contribution in [3.63, 3.8) is 0 Å². The van der Waals surface area contributed by atoms with Crippen molar-refractivity contribution in [3.05, 3.63) is 89.5 Å². The molecular weight excluding hydrogens is 550 g/mol. The van der Waals surface area contributed by atoms with Crippen LogP contribution < -0.4 is 14.4 Å². The summed E-state index contributed by atoms with van der Waals surface area (Å²) in [6.07, 6.45) is 1.74. The second-order valence-electron chi connectivity index (χ2n) is 10.8. The zero-order valence-electron chi connectivity index (χ0n) is 25.5. The first kappa shape index (κ1) is 32.7. The molecule has 226 valence electrons. The summed E-state index contributed by atoms with van der Waals surface area (Å²) in [5.74, 6) is 0.143. The number of nitrogens with one attached hydrogen (secondary N) is 1. The van der Waals surface area contributed by atoms with Gasteiger partial charge in [0.05, 0.1) is 17.7 Å². The largest absolute Gasteiger partial charge is 0.497 e. The molecule has 3 rings (SSSR count). The Balaban J connectivity index is 2.01. The van der Waals surface area contributed by atoms with Crippen molar-refractivity contribution in [2.24, 2.45) is 0 Å². The Bertz CT molecular complexity index is 1420. The smallest absolute Gasteiger partial charge is 0.264 e. The van der Waals surface area contributed by atoms with Gasteiger partial charge in [-0.25, -0.2) is 8.42 Å². The molecule has 0 aromatic heterocycles. The van der Waals surface area contributed by atoms with Crippen molar-refractivity contribution in [2.45, 2.75) is 70.9 Å². The zero-order valence-corrected chi connectivity index (χ0v) is 26.3. The molecule has 3 aromatic carbocycles. The third kappa shape index (κ3) is 8.35. The Kier molecular flexibility index (Phi) is 11.6. The first-order valence-electron chi connectivity index (χ1n) is 14.4. The van der Waals surface area contributed by atoms with Gasteiger partial charge >= 0.3 is 0 Å². The molecular formula is C33H43N3O5S. The average Bonchev–Trinajstić information content (AvgIpc) is 2.98. The van der Waals surface area contributed by atoms with Crippen LogP contribution in [-0.2, 0) is 26.2 Å². The maximum atomic E-state index is 14.1. The fourth-order valence-electron chi connectivity index (χ4n) is 4.44. The highest BCUT2D eigenvalue weighted by Crippen LogP contribution is 2.27. The molecule has 3 aromatic rings. The number of carbonyl (C=O) groups is 2. The normalized spacial score (nSPS) is 12.1. The van der Waals surface area contributed by atoms with Crippen molar-refractivity contribution in [1.29, 1.82) is 0 Å². The summed E-state index contributed by atoms with van der Waals surface area (Å²) in [5, 5.41) is 2.90. The van der Waals surface area contributed by atoms with E-state index >= 15 is 0 Å². The second-order valence-corrected chi connectivity index (χ2v) is 12.6. The Morgan fingerprint density at radius 3 is 2.07 bits per heavy atom. The van der Waals surface area contributed by atoms with Crippen LogP contribution in [0.15, 0.2) is 77.7 Å². The molecule has 0 aliphatic rings. The summed E-state index contributed by atoms with van der Waals surface area (Å²) in [6.45, 7) is 9.85. The van der Waals surface area contributed by atoms with E-state index in [9.17, 15) is 18.0 Å². The number of nitrogens with zero attached hydrogens (tertiary/aromatic N) is 2. The highest BCUT2D eigenvalue weighted by Gasteiger charge is 2.32. The number of hydrogen-bond donors (Lipinski definition) is 1. The van der Waals surface area contributed by atoms with Crippen molar-refractivity contribution < 1.29 is 22.7 Å². The summed E-state index contributed by atoms with van der Waals surface area (Å²) in [4.78, 5) is 28.7. The van der Waals surface area contributed by atoms with Crippen molar-refractivity contribution >= 4 is 27.5 Å². The summed E-state index contributed by atoms with van der Waals surface area (Å²) >= 11 is 0. The van der Waals surface area contributed by atoms with Crippen molar-refractivity contribution in [2.75, 3.05) is 24.5 Å². The second kappa shape index (κ2) is 14.9. The highest BCUT2D eigenvalue weighted by molar-refractivity contribution is 7.92. The number of rotatable bonds is 14. The third-order valence-electron chi connectivity index (χ3n) is 7.24. The Morgan fingerprint density at radius 2 is 1.52 bits per heavy atom. The summed E-state index contributed by atoms with van der Waals surface area (Å²) in [5.41, 5.74) is 3.13. The minimum Gasteiger partial charge on any atom is -0.497 e. The number of amides is 2. The first-order chi connectivity index (χ1) is 20.0. The molecule has 9 heteroatoms. The van der Waals surface area contributed by atoms with Gasteiger partial charge < -0.3 is 15.0 Å². The number of ether oxygens (including phenoxy) is 1. The van der Waals surface area contributed by atoms with E-state index in [0.29, 0.717) is 18.0 Å². The maximum absolute atomic E-state index is 14.1. The van der Waals surface area contributed by atoms with E-state index in [2.05, 4.69) is 19.2 Å². The molecule has 1 atom stereocenters. The molecule has 0 unspecified atom stereocenters. The lowest BCUT2D eigenvalue weighted by atomic mass is 10.0. The van der Waals surface area contributed by atoms with Gasteiger partial charge in [0, 0.05) is 13.1 Å². The number of aryl methyl sites for hydroxylation is 1. The molecule has 42 heavy (non-hydrogen) atoms. The minimum absolute atomic E-state index is 0.0842. The molecule has 0 aliphatic carbocycles. The van der Waals surface area contributed by atoms with Crippen LogP contribution in [0.25, 0.3) is 0 Å². The Labute approximate surface area is 250 Å². The quantitative estimate of drug-likeness (QED) is 0.244. The molecule has 0 fully saturated rings. The molecule has 2 amide bonds. The molecule has 0 radical (unpaired) electrons. The van der Waals surface area contributed by atoms with Gasteiger partial charge in [-0.15, -0.1) is 0 Å². The number of hydrogen-bond acceptors (Lipinski definition) is 5. The van der Waals surface area contributed by atoms with E-state index in [4.69, 9.17) is 4.74 Å². The van der Waals surface area contributed by atoms with Gasteiger partial charge in [-0.2, -0.15) is 0 Å². The van der Waals surface area contributed by atoms with E-state index in [1.165, 1.54) is 4.90 Å². The molecule has 0 saturated carbocycles. The molecule has 0 aliphatic heterocycles. The van der Waals surface area contributed by atoms with E-state index in [0.717, 1.165) is 33.8 Å². The lowest BCUT2D eigenvalue weighted by Crippen LogP contribution is -2.51. The van der Waals surface area contributed by atoms with Crippen LogP contribution in [0.1, 0.15) is 63.1 Å². The van der Waals surface area contributed by atoms with Gasteiger partial charge in [-0.05, 0) is 73.7 Å². The molecule has 1 N–H and O–H groups in total. The van der Waals surface area contributed by atoms with Crippen molar-refractivity contribution in [3.8, 4) is 5.75 Å². The number of benzene rings is 3. The van der Waals surface area contributed by atoms with Crippen LogP contribution in [0.4, 0.5) is 5.69 Å². The highest BCUT2D eigenvalue weighted by atomic mass is 32.2. The molecule has 0 bridgehead atoms. The van der Waals surface area contributed by atoms with Gasteiger partial charge in [0.2, 0.25) is 11.8 Å². The van der Waals surface area contributed by atoms with E-state index < -0.39 is 28.5 Å². The lowest BCUT2D eigenvalue weighted by molar-refractivity contribution is -0.139. The lowest BCUT2D eigenvalue weighted by Gasteiger charge is -2.32. The van der Waals surface area contributed by atoms with Gasteiger partial charge in [0.15, 0.2) is 0 Å². The molecule has 0 saturated heterocycles.